The maximum absolute atomic E-state index is 7.39. The van der Waals surface area contributed by atoms with Crippen molar-refractivity contribution in [2.24, 2.45) is 7.05 Å². The lowest BCUT2D eigenvalue weighted by Crippen LogP contribution is -2.30. The predicted octanol–water partition coefficient (Wildman–Crippen LogP) is 6.88. The molecule has 4 nitrogen and oxygen atoms in total. The minimum atomic E-state index is 0.617. The van der Waals surface area contributed by atoms with Crippen LogP contribution in [0.4, 0.5) is 5.69 Å². The van der Waals surface area contributed by atoms with Crippen LogP contribution in [0.3, 0.4) is 0 Å². The summed E-state index contributed by atoms with van der Waals surface area (Å²) in [4.78, 5) is 3.60. The van der Waals surface area contributed by atoms with E-state index in [1.807, 2.05) is 24.3 Å². The number of nitrogens with zero attached hydrogens (tertiary/aromatic N) is 3. The second-order valence-electron chi connectivity index (χ2n) is 8.07. The summed E-state index contributed by atoms with van der Waals surface area (Å²) < 4.78 is 11.0. The first-order chi connectivity index (χ1) is 15.7. The molecule has 0 aliphatic heterocycles. The quantitative estimate of drug-likeness (QED) is 0.224. The van der Waals surface area contributed by atoms with Crippen LogP contribution in [0.2, 0.25) is 0 Å². The number of furan rings is 1. The fraction of sp³-hybridized carbons (Fsp3) is 0.0714. The van der Waals surface area contributed by atoms with Crippen molar-refractivity contribution in [1.29, 1.82) is 0 Å². The van der Waals surface area contributed by atoms with Gasteiger partial charge in [-0.25, -0.2) is 9.41 Å². The van der Waals surface area contributed by atoms with Crippen molar-refractivity contribution in [1.82, 2.24) is 4.57 Å². The topological polar surface area (TPSA) is 26.3 Å². The third-order valence-corrected chi connectivity index (χ3v) is 6.21. The van der Waals surface area contributed by atoms with Crippen LogP contribution >= 0.6 is 0 Å². The number of para-hydroxylation sites is 3. The molecule has 0 unspecified atom stereocenters. The van der Waals surface area contributed by atoms with Crippen molar-refractivity contribution in [3.8, 4) is 17.1 Å². The number of rotatable bonds is 2. The Hall–Kier alpha value is -4.36. The first-order valence-electron chi connectivity index (χ1n) is 10.6. The van der Waals surface area contributed by atoms with Crippen molar-refractivity contribution in [2.75, 3.05) is 0 Å². The number of benzene rings is 4. The van der Waals surface area contributed by atoms with Gasteiger partial charge < -0.3 is 4.42 Å². The van der Waals surface area contributed by atoms with Crippen LogP contribution in [-0.4, -0.2) is 4.57 Å². The Kier molecular flexibility index (Phi) is 3.93. The van der Waals surface area contributed by atoms with Gasteiger partial charge in [-0.1, -0.05) is 48.5 Å². The smallest absolute Gasteiger partial charge is 0.298 e. The van der Waals surface area contributed by atoms with Gasteiger partial charge in [-0.15, -0.1) is 0 Å². The van der Waals surface area contributed by atoms with Gasteiger partial charge >= 0.3 is 0 Å². The molecular formula is C28H20N3O+. The van der Waals surface area contributed by atoms with Crippen LogP contribution in [0.25, 0.3) is 54.9 Å². The van der Waals surface area contributed by atoms with E-state index >= 15 is 0 Å². The molecular weight excluding hydrogens is 394 g/mol. The minimum Gasteiger partial charge on any atom is -0.455 e. The van der Waals surface area contributed by atoms with Crippen molar-refractivity contribution in [2.45, 2.75) is 6.92 Å². The Morgan fingerprint density at radius 1 is 0.875 bits per heavy atom. The highest BCUT2D eigenvalue weighted by atomic mass is 16.3. The molecule has 4 aromatic carbocycles. The predicted molar refractivity (Wildman–Crippen MR) is 128 cm³/mol. The summed E-state index contributed by atoms with van der Waals surface area (Å²) in [5, 5.41) is 2.00. The molecule has 0 radical (unpaired) electrons. The molecule has 0 aliphatic rings. The number of hydrogen-bond acceptors (Lipinski definition) is 1. The normalized spacial score (nSPS) is 11.4. The van der Waals surface area contributed by atoms with E-state index in [4.69, 9.17) is 11.0 Å². The van der Waals surface area contributed by atoms with Gasteiger partial charge in [0.25, 0.3) is 5.82 Å². The molecule has 0 aliphatic carbocycles. The Morgan fingerprint density at radius 3 is 2.47 bits per heavy atom. The van der Waals surface area contributed by atoms with E-state index in [2.05, 4.69) is 88.6 Å². The number of aromatic nitrogens is 2. The summed E-state index contributed by atoms with van der Waals surface area (Å²) in [7, 11) is 2.11. The molecule has 0 amide bonds. The van der Waals surface area contributed by atoms with E-state index < -0.39 is 0 Å². The number of fused-ring (bicyclic) bond motifs is 4. The Balaban J connectivity index is 1.79. The van der Waals surface area contributed by atoms with E-state index in [-0.39, 0.29) is 0 Å². The maximum Gasteiger partial charge on any atom is 0.298 e. The van der Waals surface area contributed by atoms with Gasteiger partial charge in [0, 0.05) is 10.8 Å². The average Bonchev–Trinajstić information content (AvgIpc) is 3.34. The van der Waals surface area contributed by atoms with E-state index in [1.165, 1.54) is 0 Å². The maximum atomic E-state index is 7.39. The van der Waals surface area contributed by atoms with Crippen LogP contribution in [0, 0.1) is 13.5 Å². The van der Waals surface area contributed by atoms with Crippen molar-refractivity contribution < 1.29 is 8.98 Å². The molecule has 152 valence electrons. The van der Waals surface area contributed by atoms with E-state index in [9.17, 15) is 0 Å². The van der Waals surface area contributed by atoms with E-state index in [0.717, 1.165) is 55.6 Å². The van der Waals surface area contributed by atoms with E-state index in [1.54, 1.807) is 0 Å². The van der Waals surface area contributed by atoms with Crippen LogP contribution in [-0.2, 0) is 7.05 Å². The Labute approximate surface area is 185 Å². The molecule has 0 saturated heterocycles. The fourth-order valence-corrected chi connectivity index (χ4v) is 4.71. The van der Waals surface area contributed by atoms with Crippen LogP contribution < -0.4 is 4.57 Å². The molecule has 4 heteroatoms. The average molecular weight is 414 g/mol. The Bertz CT molecular complexity index is 1700. The van der Waals surface area contributed by atoms with Gasteiger partial charge in [0.15, 0.2) is 22.3 Å². The molecule has 6 aromatic rings. The summed E-state index contributed by atoms with van der Waals surface area (Å²) in [6.07, 6.45) is 0. The lowest BCUT2D eigenvalue weighted by molar-refractivity contribution is -0.633. The lowest BCUT2D eigenvalue weighted by atomic mass is 10.0. The molecule has 0 spiro atoms. The minimum absolute atomic E-state index is 0.617. The summed E-state index contributed by atoms with van der Waals surface area (Å²) in [6, 6.07) is 28.7. The van der Waals surface area contributed by atoms with Crippen LogP contribution in [0.15, 0.2) is 89.3 Å². The molecule has 0 bridgehead atoms. The number of imidazole rings is 1. The summed E-state index contributed by atoms with van der Waals surface area (Å²) in [5.74, 6) is 1.06. The molecule has 0 fully saturated rings. The van der Waals surface area contributed by atoms with Gasteiger partial charge in [-0.3, -0.25) is 0 Å². The van der Waals surface area contributed by atoms with Gasteiger partial charge in [-0.05, 0) is 48.9 Å². The molecule has 0 atom stereocenters. The second-order valence-corrected chi connectivity index (χ2v) is 8.07. The summed E-state index contributed by atoms with van der Waals surface area (Å²) >= 11 is 0. The summed E-state index contributed by atoms with van der Waals surface area (Å²) in [5.41, 5.74) is 7.84. The largest absolute Gasteiger partial charge is 0.455 e. The molecule has 2 aromatic heterocycles. The highest BCUT2D eigenvalue weighted by Crippen LogP contribution is 2.39. The van der Waals surface area contributed by atoms with Crippen LogP contribution in [0.1, 0.15) is 5.56 Å². The zero-order chi connectivity index (χ0) is 21.8. The van der Waals surface area contributed by atoms with Gasteiger partial charge in [0.2, 0.25) is 0 Å². The zero-order valence-electron chi connectivity index (χ0n) is 17.8. The second kappa shape index (κ2) is 6.83. The van der Waals surface area contributed by atoms with Crippen molar-refractivity contribution in [3.05, 3.63) is 102 Å². The molecule has 6 rings (SSSR count). The zero-order valence-corrected chi connectivity index (χ0v) is 17.8. The molecule has 32 heavy (non-hydrogen) atoms. The van der Waals surface area contributed by atoms with Crippen molar-refractivity contribution >= 4 is 38.7 Å². The van der Waals surface area contributed by atoms with Crippen molar-refractivity contribution in [3.63, 3.8) is 0 Å². The molecule has 2 heterocycles. The molecule has 0 saturated carbocycles. The van der Waals surface area contributed by atoms with Gasteiger partial charge in [0.1, 0.15) is 16.8 Å². The van der Waals surface area contributed by atoms with E-state index in [0.29, 0.717) is 5.69 Å². The van der Waals surface area contributed by atoms with Gasteiger partial charge in [-0.2, -0.15) is 4.57 Å². The monoisotopic (exact) mass is 414 g/mol. The third kappa shape index (κ3) is 2.52. The number of hydrogen-bond donors (Lipinski definition) is 0. The van der Waals surface area contributed by atoms with Gasteiger partial charge in [0.05, 0.1) is 13.6 Å². The fourth-order valence-electron chi connectivity index (χ4n) is 4.71. The molecule has 0 N–H and O–H groups in total. The lowest BCUT2D eigenvalue weighted by Gasteiger charge is -2.07. The highest BCUT2D eigenvalue weighted by molar-refractivity contribution is 6.10. The number of aryl methyl sites for hydroxylation is 2. The summed E-state index contributed by atoms with van der Waals surface area (Å²) in [6.45, 7) is 9.52. The Morgan fingerprint density at radius 2 is 1.66 bits per heavy atom. The standard InChI is InChI=1S/C28H20N3O/c1-18-13-15-21-22-17-19(29-2)14-16-25(22)32-27(21)26(18)28-30(3)23-11-7-8-12-24(23)31(28)20-9-5-4-6-10-20/h4-17H,1,3H3/q+1. The third-order valence-electron chi connectivity index (χ3n) is 6.21. The SMILES string of the molecule is [C-]#[N+]c1ccc2oc3c(-c4n(-c5ccccc5)c5ccccc5[n+]4C)c(C)ccc3c2c1. The van der Waals surface area contributed by atoms with Crippen LogP contribution in [0.5, 0.6) is 0 Å². The highest BCUT2D eigenvalue weighted by Gasteiger charge is 2.30. The first kappa shape index (κ1) is 18.4. The first-order valence-corrected chi connectivity index (χ1v) is 10.6.